The maximum atomic E-state index is 6.63. The summed E-state index contributed by atoms with van der Waals surface area (Å²) in [4.78, 5) is 14.7. The largest absolute Gasteiger partial charge is 0.455 e. The zero-order chi connectivity index (χ0) is 31.2. The summed E-state index contributed by atoms with van der Waals surface area (Å²) in [7, 11) is 0. The summed E-state index contributed by atoms with van der Waals surface area (Å²) >= 11 is 0. The highest BCUT2D eigenvalue weighted by molar-refractivity contribution is 6.10. The molecule has 47 heavy (non-hydrogen) atoms. The van der Waals surface area contributed by atoms with Gasteiger partial charge < -0.3 is 4.42 Å². The number of nitrogens with zero attached hydrogens (tertiary/aromatic N) is 3. The molecule has 9 aromatic rings. The van der Waals surface area contributed by atoms with Gasteiger partial charge in [-0.05, 0) is 39.6 Å². The molecule has 2 aromatic heterocycles. The Morgan fingerprint density at radius 2 is 0.851 bits per heavy atom. The number of para-hydroxylation sites is 1. The molecule has 0 spiro atoms. The lowest BCUT2D eigenvalue weighted by Gasteiger charge is -2.08. The van der Waals surface area contributed by atoms with Crippen molar-refractivity contribution in [3.63, 3.8) is 0 Å². The van der Waals surface area contributed by atoms with Crippen molar-refractivity contribution >= 4 is 32.7 Å². The molecular formula is C43H27N3O. The van der Waals surface area contributed by atoms with Crippen molar-refractivity contribution in [1.29, 1.82) is 0 Å². The van der Waals surface area contributed by atoms with Gasteiger partial charge in [-0.1, -0.05) is 152 Å². The molecule has 4 nitrogen and oxygen atoms in total. The van der Waals surface area contributed by atoms with Gasteiger partial charge in [0, 0.05) is 33.0 Å². The Bertz CT molecular complexity index is 2490. The van der Waals surface area contributed by atoms with Gasteiger partial charge >= 0.3 is 0 Å². The van der Waals surface area contributed by atoms with Gasteiger partial charge in [-0.2, -0.15) is 0 Å². The van der Waals surface area contributed by atoms with Gasteiger partial charge in [0.2, 0.25) is 0 Å². The van der Waals surface area contributed by atoms with Crippen molar-refractivity contribution in [1.82, 2.24) is 15.0 Å². The molecule has 0 amide bonds. The molecule has 0 aliphatic carbocycles. The summed E-state index contributed by atoms with van der Waals surface area (Å²) in [6.45, 7) is 0. The SMILES string of the molecule is c1ccc(-c2nc(-c3ccccc3)nc(-c3ccc4c(c3)oc3c(-c5ccc(-c6cccc7ccccc67)cc5)cccc34)n2)cc1. The van der Waals surface area contributed by atoms with E-state index < -0.39 is 0 Å². The minimum absolute atomic E-state index is 0.601. The molecule has 0 radical (unpaired) electrons. The average Bonchev–Trinajstić information content (AvgIpc) is 3.53. The molecule has 0 fully saturated rings. The van der Waals surface area contributed by atoms with E-state index in [0.717, 1.165) is 49.8 Å². The summed E-state index contributed by atoms with van der Waals surface area (Å²) < 4.78 is 6.63. The summed E-state index contributed by atoms with van der Waals surface area (Å²) in [5, 5.41) is 4.62. The molecule has 0 saturated carbocycles. The predicted octanol–water partition coefficient (Wildman–Crippen LogP) is 11.3. The smallest absolute Gasteiger partial charge is 0.164 e. The summed E-state index contributed by atoms with van der Waals surface area (Å²) in [5.41, 5.74) is 8.99. The van der Waals surface area contributed by atoms with Crippen LogP contribution < -0.4 is 0 Å². The fraction of sp³-hybridized carbons (Fsp3) is 0. The minimum Gasteiger partial charge on any atom is -0.455 e. The van der Waals surface area contributed by atoms with Gasteiger partial charge in [-0.15, -0.1) is 0 Å². The van der Waals surface area contributed by atoms with Crippen molar-refractivity contribution in [2.75, 3.05) is 0 Å². The standard InChI is InChI=1S/C43H27N3O/c1-3-12-31(13-4-1)41-44-42(32-14-5-2-6-15-32)46-43(45-41)33-25-26-37-38-20-10-19-36(40(38)47-39(37)27-33)30-23-21-29(22-24-30)35-18-9-16-28-11-7-8-17-34(28)35/h1-27H. The van der Waals surface area contributed by atoms with Crippen LogP contribution in [0.4, 0.5) is 0 Å². The van der Waals surface area contributed by atoms with Crippen molar-refractivity contribution < 1.29 is 4.42 Å². The Morgan fingerprint density at radius 3 is 1.55 bits per heavy atom. The molecule has 2 heterocycles. The van der Waals surface area contributed by atoms with Gasteiger partial charge in [-0.3, -0.25) is 0 Å². The molecule has 0 atom stereocenters. The quantitative estimate of drug-likeness (QED) is 0.197. The second kappa shape index (κ2) is 11.2. The van der Waals surface area contributed by atoms with Gasteiger partial charge in [-0.25, -0.2) is 15.0 Å². The van der Waals surface area contributed by atoms with E-state index in [0.29, 0.717) is 17.5 Å². The predicted molar refractivity (Wildman–Crippen MR) is 192 cm³/mol. The van der Waals surface area contributed by atoms with Crippen LogP contribution in [0.2, 0.25) is 0 Å². The molecular weight excluding hydrogens is 574 g/mol. The number of benzene rings is 7. The van der Waals surface area contributed by atoms with E-state index in [1.807, 2.05) is 66.7 Å². The lowest BCUT2D eigenvalue weighted by molar-refractivity contribution is 0.670. The molecule has 220 valence electrons. The van der Waals surface area contributed by atoms with Gasteiger partial charge in [0.05, 0.1) is 0 Å². The molecule has 0 bridgehead atoms. The highest BCUT2D eigenvalue weighted by atomic mass is 16.3. The third-order valence-corrected chi connectivity index (χ3v) is 8.75. The molecule has 0 aliphatic heterocycles. The number of rotatable bonds is 5. The molecule has 0 saturated heterocycles. The second-order valence-corrected chi connectivity index (χ2v) is 11.6. The number of hydrogen-bond acceptors (Lipinski definition) is 4. The van der Waals surface area contributed by atoms with Crippen molar-refractivity contribution in [2.24, 2.45) is 0 Å². The average molecular weight is 602 g/mol. The minimum atomic E-state index is 0.601. The summed E-state index contributed by atoms with van der Waals surface area (Å²) in [5.74, 6) is 1.87. The topological polar surface area (TPSA) is 51.8 Å². The summed E-state index contributed by atoms with van der Waals surface area (Å²) in [6.07, 6.45) is 0. The number of aromatic nitrogens is 3. The number of furan rings is 1. The van der Waals surface area contributed by atoms with Crippen molar-refractivity contribution in [3.05, 3.63) is 164 Å². The van der Waals surface area contributed by atoms with Crippen LogP contribution in [0.1, 0.15) is 0 Å². The Balaban J connectivity index is 1.13. The molecule has 4 heteroatoms. The van der Waals surface area contributed by atoms with E-state index in [1.54, 1.807) is 0 Å². The maximum absolute atomic E-state index is 6.63. The van der Waals surface area contributed by atoms with Gasteiger partial charge in [0.1, 0.15) is 11.2 Å². The molecule has 7 aromatic carbocycles. The first-order valence-electron chi connectivity index (χ1n) is 15.7. The van der Waals surface area contributed by atoms with E-state index in [9.17, 15) is 0 Å². The van der Waals surface area contributed by atoms with Crippen LogP contribution in [-0.4, -0.2) is 15.0 Å². The van der Waals surface area contributed by atoms with E-state index in [2.05, 4.69) is 97.1 Å². The number of fused-ring (bicyclic) bond motifs is 4. The molecule has 0 aliphatic rings. The van der Waals surface area contributed by atoms with Crippen molar-refractivity contribution in [3.8, 4) is 56.4 Å². The highest BCUT2D eigenvalue weighted by Gasteiger charge is 2.16. The molecule has 9 rings (SSSR count). The van der Waals surface area contributed by atoms with Gasteiger partial charge in [0.25, 0.3) is 0 Å². The normalized spacial score (nSPS) is 11.4. The van der Waals surface area contributed by atoms with Crippen molar-refractivity contribution in [2.45, 2.75) is 0 Å². The number of hydrogen-bond donors (Lipinski definition) is 0. The first-order valence-corrected chi connectivity index (χ1v) is 15.7. The lowest BCUT2D eigenvalue weighted by Crippen LogP contribution is -2.00. The van der Waals surface area contributed by atoms with E-state index in [-0.39, 0.29) is 0 Å². The Kier molecular flexibility index (Phi) is 6.43. The third kappa shape index (κ3) is 4.84. The van der Waals surface area contributed by atoms with Crippen LogP contribution in [-0.2, 0) is 0 Å². The fourth-order valence-electron chi connectivity index (χ4n) is 6.41. The molecule has 0 N–H and O–H groups in total. The van der Waals surface area contributed by atoms with Gasteiger partial charge in [0.15, 0.2) is 17.5 Å². The van der Waals surface area contributed by atoms with Crippen LogP contribution in [0.15, 0.2) is 168 Å². The van der Waals surface area contributed by atoms with E-state index in [1.165, 1.54) is 21.9 Å². The van der Waals surface area contributed by atoms with Crippen LogP contribution >= 0.6 is 0 Å². The monoisotopic (exact) mass is 601 g/mol. The lowest BCUT2D eigenvalue weighted by atomic mass is 9.95. The zero-order valence-electron chi connectivity index (χ0n) is 25.3. The third-order valence-electron chi connectivity index (χ3n) is 8.75. The van der Waals surface area contributed by atoms with Crippen LogP contribution in [0.5, 0.6) is 0 Å². The molecule has 0 unspecified atom stereocenters. The maximum Gasteiger partial charge on any atom is 0.164 e. The Labute approximate surface area is 271 Å². The first kappa shape index (κ1) is 27.0. The first-order chi connectivity index (χ1) is 23.3. The summed E-state index contributed by atoms with van der Waals surface area (Å²) in [6, 6.07) is 56.4. The second-order valence-electron chi connectivity index (χ2n) is 11.6. The van der Waals surface area contributed by atoms with Crippen LogP contribution in [0.25, 0.3) is 89.1 Å². The zero-order valence-corrected chi connectivity index (χ0v) is 25.3. The van der Waals surface area contributed by atoms with Crippen LogP contribution in [0.3, 0.4) is 0 Å². The Hall–Kier alpha value is -6.39. The van der Waals surface area contributed by atoms with E-state index in [4.69, 9.17) is 19.4 Å². The van der Waals surface area contributed by atoms with E-state index >= 15 is 0 Å². The fourth-order valence-corrected chi connectivity index (χ4v) is 6.41. The van der Waals surface area contributed by atoms with Crippen LogP contribution in [0, 0.1) is 0 Å². The highest BCUT2D eigenvalue weighted by Crippen LogP contribution is 2.38. The Morgan fingerprint density at radius 1 is 0.340 bits per heavy atom.